The minimum Gasteiger partial charge on any atom is -0.456 e. The van der Waals surface area contributed by atoms with Gasteiger partial charge in [-0.25, -0.2) is 15.0 Å². The number of para-hydroxylation sites is 2. The summed E-state index contributed by atoms with van der Waals surface area (Å²) >= 11 is 0. The van der Waals surface area contributed by atoms with Crippen molar-refractivity contribution < 1.29 is 4.42 Å². The van der Waals surface area contributed by atoms with Gasteiger partial charge in [0, 0.05) is 43.9 Å². The molecule has 1 aliphatic carbocycles. The summed E-state index contributed by atoms with van der Waals surface area (Å²) in [7, 11) is 0. The van der Waals surface area contributed by atoms with E-state index in [2.05, 4.69) is 108 Å². The molecule has 0 spiro atoms. The molecule has 0 amide bonds. The van der Waals surface area contributed by atoms with Gasteiger partial charge in [0.2, 0.25) is 0 Å². The third-order valence-corrected chi connectivity index (χ3v) is 8.95. The number of aromatic nitrogens is 4. The smallest absolute Gasteiger partial charge is 0.164 e. The van der Waals surface area contributed by atoms with Gasteiger partial charge in [-0.2, -0.15) is 0 Å². The fraction of sp³-hybridized carbons (Fsp3) is 0. The minimum atomic E-state index is 0.625. The second-order valence-electron chi connectivity index (χ2n) is 12.0. The molecule has 0 saturated heterocycles. The zero-order valence-electron chi connectivity index (χ0n) is 27.0. The first-order valence-electron chi connectivity index (χ1n) is 16.6. The summed E-state index contributed by atoms with van der Waals surface area (Å²) in [6, 6.07) is 45.3. The van der Waals surface area contributed by atoms with Gasteiger partial charge in [-0.3, -0.25) is 0 Å². The Morgan fingerprint density at radius 3 is 1.76 bits per heavy atom. The Labute approximate surface area is 288 Å². The lowest BCUT2D eigenvalue weighted by Crippen LogP contribution is -2.19. The summed E-state index contributed by atoms with van der Waals surface area (Å²) in [4.78, 5) is 14.7. The molecule has 0 saturated carbocycles. The van der Waals surface area contributed by atoms with Crippen molar-refractivity contribution in [2.75, 3.05) is 0 Å². The van der Waals surface area contributed by atoms with Crippen LogP contribution in [-0.2, 0) is 0 Å². The van der Waals surface area contributed by atoms with E-state index in [1.807, 2.05) is 78.9 Å². The molecule has 50 heavy (non-hydrogen) atoms. The fourth-order valence-corrected chi connectivity index (χ4v) is 6.57. The normalized spacial score (nSPS) is 14.4. The molecule has 5 aromatic carbocycles. The van der Waals surface area contributed by atoms with Crippen molar-refractivity contribution in [3.8, 4) is 39.9 Å². The van der Waals surface area contributed by atoms with Crippen LogP contribution in [0.4, 0.5) is 0 Å². The summed E-state index contributed by atoms with van der Waals surface area (Å²) in [5.74, 6) is 1.91. The molecular weight excluding hydrogens is 613 g/mol. The van der Waals surface area contributed by atoms with Crippen molar-refractivity contribution >= 4 is 46.2 Å². The summed E-state index contributed by atoms with van der Waals surface area (Å²) in [5.41, 5.74) is 8.86. The Morgan fingerprint density at radius 2 is 1.06 bits per heavy atom. The zero-order chi connectivity index (χ0) is 33.3. The molecule has 236 valence electrons. The lowest BCUT2D eigenvalue weighted by Gasteiger charge is -2.11. The summed E-state index contributed by atoms with van der Waals surface area (Å²) in [6.45, 7) is 0. The Kier molecular flexibility index (Phi) is 7.41. The molecule has 0 N–H and O–H groups in total. The van der Waals surface area contributed by atoms with Gasteiger partial charge in [0.15, 0.2) is 17.5 Å². The van der Waals surface area contributed by atoms with Crippen LogP contribution in [0.1, 0.15) is 11.3 Å². The van der Waals surface area contributed by atoms with Gasteiger partial charge in [0.1, 0.15) is 11.0 Å². The number of benzene rings is 5. The first-order chi connectivity index (χ1) is 24.8. The number of nitrogens with zero attached hydrogens (tertiary/aromatic N) is 4. The monoisotopic (exact) mass is 642 g/mol. The highest BCUT2D eigenvalue weighted by Crippen LogP contribution is 2.33. The number of rotatable bonds is 4. The van der Waals surface area contributed by atoms with Crippen LogP contribution in [0.2, 0.25) is 0 Å². The van der Waals surface area contributed by atoms with Crippen LogP contribution in [0.15, 0.2) is 162 Å². The van der Waals surface area contributed by atoms with Gasteiger partial charge in [-0.05, 0) is 48.6 Å². The number of fused-ring (bicyclic) bond motifs is 6. The standard InChI is InChI=1S/C45H30N4O/c1-4-15-31(16-5-1)43-46-44(32-17-6-2-7-18-32)48-45(47-43)33-27-29-34(30-28-33)49-39-23-12-10-20-36(39)35-19-8-3-9-21-37-38-22-11-13-25-41(38)50-42(37)26-14-24-40(35)49/h1-30H/b8-3?,9-3+,19-8+,21-9?,24-14?,26-14?,35-19?,37-21-,40-24?,42-26?. The quantitative estimate of drug-likeness (QED) is 0.192. The molecule has 3 heterocycles. The van der Waals surface area contributed by atoms with Gasteiger partial charge in [0.05, 0.1) is 11.2 Å². The first-order valence-corrected chi connectivity index (χ1v) is 16.6. The molecular formula is C45H30N4O. The Balaban J connectivity index is 1.18. The molecule has 5 nitrogen and oxygen atoms in total. The van der Waals surface area contributed by atoms with Crippen molar-refractivity contribution in [1.29, 1.82) is 0 Å². The Hall–Kier alpha value is -6.85. The van der Waals surface area contributed by atoms with E-state index in [0.717, 1.165) is 60.8 Å². The first kappa shape index (κ1) is 29.3. The van der Waals surface area contributed by atoms with E-state index in [9.17, 15) is 0 Å². The minimum absolute atomic E-state index is 0.625. The lowest BCUT2D eigenvalue weighted by atomic mass is 10.1. The molecule has 0 bridgehead atoms. The number of allylic oxidation sites excluding steroid dienone is 4. The maximum absolute atomic E-state index is 6.27. The molecule has 0 aliphatic heterocycles. The van der Waals surface area contributed by atoms with E-state index < -0.39 is 0 Å². The van der Waals surface area contributed by atoms with Crippen molar-refractivity contribution in [2.45, 2.75) is 0 Å². The second-order valence-corrected chi connectivity index (χ2v) is 12.0. The van der Waals surface area contributed by atoms with Crippen molar-refractivity contribution in [3.63, 3.8) is 0 Å². The average molecular weight is 643 g/mol. The predicted octanol–water partition coefficient (Wildman–Crippen LogP) is 9.42. The summed E-state index contributed by atoms with van der Waals surface area (Å²) < 4.78 is 8.58. The molecule has 8 aromatic rings. The van der Waals surface area contributed by atoms with Gasteiger partial charge in [-0.15, -0.1) is 0 Å². The van der Waals surface area contributed by atoms with Crippen molar-refractivity contribution in [2.24, 2.45) is 0 Å². The van der Waals surface area contributed by atoms with E-state index in [0.29, 0.717) is 17.5 Å². The van der Waals surface area contributed by atoms with E-state index in [-0.39, 0.29) is 0 Å². The van der Waals surface area contributed by atoms with Gasteiger partial charge < -0.3 is 8.98 Å². The number of hydrogen-bond acceptors (Lipinski definition) is 4. The Morgan fingerprint density at radius 1 is 0.460 bits per heavy atom. The van der Waals surface area contributed by atoms with Crippen LogP contribution in [0.3, 0.4) is 0 Å². The van der Waals surface area contributed by atoms with Crippen molar-refractivity contribution in [3.05, 3.63) is 180 Å². The highest BCUT2D eigenvalue weighted by Gasteiger charge is 2.16. The van der Waals surface area contributed by atoms with E-state index in [1.165, 1.54) is 5.39 Å². The van der Waals surface area contributed by atoms with Crippen LogP contribution in [0.5, 0.6) is 0 Å². The predicted molar refractivity (Wildman–Crippen MR) is 205 cm³/mol. The molecule has 0 unspecified atom stereocenters. The third kappa shape index (κ3) is 5.37. The summed E-state index contributed by atoms with van der Waals surface area (Å²) in [6.07, 6.45) is 16.8. The fourth-order valence-electron chi connectivity index (χ4n) is 6.57. The third-order valence-electron chi connectivity index (χ3n) is 8.95. The van der Waals surface area contributed by atoms with Crippen LogP contribution < -0.4 is 10.6 Å². The lowest BCUT2D eigenvalue weighted by molar-refractivity contribution is 0.576. The van der Waals surface area contributed by atoms with Gasteiger partial charge in [0.25, 0.3) is 0 Å². The number of hydrogen-bond donors (Lipinski definition) is 0. The maximum Gasteiger partial charge on any atom is 0.164 e. The molecule has 3 aromatic heterocycles. The second kappa shape index (κ2) is 12.6. The Bertz CT molecular complexity index is 2680. The molecule has 9 rings (SSSR count). The molecule has 0 fully saturated rings. The van der Waals surface area contributed by atoms with Gasteiger partial charge >= 0.3 is 0 Å². The van der Waals surface area contributed by atoms with E-state index in [1.54, 1.807) is 0 Å². The average Bonchev–Trinajstić information content (AvgIpc) is 3.69. The van der Waals surface area contributed by atoms with Crippen LogP contribution in [-0.4, -0.2) is 19.5 Å². The highest BCUT2D eigenvalue weighted by molar-refractivity contribution is 5.96. The molecule has 0 radical (unpaired) electrons. The van der Waals surface area contributed by atoms with Crippen LogP contribution in [0, 0.1) is 0 Å². The van der Waals surface area contributed by atoms with Gasteiger partial charge in [-0.1, -0.05) is 134 Å². The van der Waals surface area contributed by atoms with Crippen molar-refractivity contribution in [1.82, 2.24) is 19.5 Å². The topological polar surface area (TPSA) is 56.7 Å². The molecule has 0 atom stereocenters. The molecule has 1 aliphatic rings. The van der Waals surface area contributed by atoms with Crippen LogP contribution in [0.25, 0.3) is 86.0 Å². The maximum atomic E-state index is 6.27. The summed E-state index contributed by atoms with van der Waals surface area (Å²) in [5, 5.41) is 3.33. The SMILES string of the molecule is C1=Cc2c(c3ccccc3n2-c2ccc(-c3nc(-c4ccccc4)nc(-c4ccccc4)n3)cc2)/C=C/C=C/C=c2\c(oc3ccccc23)=C1. The van der Waals surface area contributed by atoms with E-state index >= 15 is 0 Å². The number of furan rings is 1. The van der Waals surface area contributed by atoms with Crippen LogP contribution >= 0.6 is 0 Å². The molecule has 5 heteroatoms. The van der Waals surface area contributed by atoms with E-state index in [4.69, 9.17) is 19.4 Å². The zero-order valence-corrected chi connectivity index (χ0v) is 27.0. The highest BCUT2D eigenvalue weighted by atomic mass is 16.3. The largest absolute Gasteiger partial charge is 0.456 e.